The van der Waals surface area contributed by atoms with E-state index in [9.17, 15) is 13.2 Å². The summed E-state index contributed by atoms with van der Waals surface area (Å²) >= 11 is 3.04. The molecule has 2 rings (SSSR count). The van der Waals surface area contributed by atoms with Gasteiger partial charge in [-0.05, 0) is 28.1 Å². The van der Waals surface area contributed by atoms with Gasteiger partial charge in [-0.25, -0.2) is 0 Å². The molecule has 19 heavy (non-hydrogen) atoms. The number of nitrogens with zero attached hydrogens (tertiary/aromatic N) is 1. The standard InChI is InChI=1S/C11H8BrF3N2O2/c1-18-10-6(8-4-9(16)17-19-8)2-5(3-7(10)12)11(13,14)15/h2-4H,1H3,(H2,16,17). The van der Waals surface area contributed by atoms with E-state index in [0.717, 1.165) is 12.1 Å². The number of alkyl halides is 3. The van der Waals surface area contributed by atoms with Gasteiger partial charge in [0, 0.05) is 6.07 Å². The molecule has 0 saturated carbocycles. The van der Waals surface area contributed by atoms with Gasteiger partial charge in [0.2, 0.25) is 0 Å². The molecular formula is C11H8BrF3N2O2. The molecule has 0 aliphatic carbocycles. The molecule has 1 aromatic heterocycles. The number of ether oxygens (including phenoxy) is 1. The lowest BCUT2D eigenvalue weighted by molar-refractivity contribution is -0.137. The molecule has 0 atom stereocenters. The Bertz CT molecular complexity index is 610. The van der Waals surface area contributed by atoms with Gasteiger partial charge in [0.25, 0.3) is 0 Å². The SMILES string of the molecule is COc1c(Br)cc(C(F)(F)F)cc1-c1cc(N)no1. The topological polar surface area (TPSA) is 61.3 Å². The number of anilines is 1. The molecular weight excluding hydrogens is 329 g/mol. The van der Waals surface area contributed by atoms with Crippen molar-refractivity contribution in [2.75, 3.05) is 12.8 Å². The number of nitrogens with two attached hydrogens (primary N) is 1. The second kappa shape index (κ2) is 4.76. The van der Waals surface area contributed by atoms with Crippen LogP contribution in [0.1, 0.15) is 5.56 Å². The minimum atomic E-state index is -4.48. The fraction of sp³-hybridized carbons (Fsp3) is 0.182. The van der Waals surface area contributed by atoms with Crippen molar-refractivity contribution in [2.24, 2.45) is 0 Å². The van der Waals surface area contributed by atoms with Crippen molar-refractivity contribution in [3.63, 3.8) is 0 Å². The van der Waals surface area contributed by atoms with Gasteiger partial charge in [-0.15, -0.1) is 0 Å². The van der Waals surface area contributed by atoms with Gasteiger partial charge in [-0.3, -0.25) is 0 Å². The highest BCUT2D eigenvalue weighted by Crippen LogP contribution is 2.42. The molecule has 1 heterocycles. The molecule has 2 aromatic rings. The number of rotatable bonds is 2. The number of hydrogen-bond acceptors (Lipinski definition) is 4. The summed E-state index contributed by atoms with van der Waals surface area (Å²) in [5, 5.41) is 3.44. The Labute approximate surface area is 114 Å². The Morgan fingerprint density at radius 1 is 1.32 bits per heavy atom. The van der Waals surface area contributed by atoms with Crippen LogP contribution in [-0.2, 0) is 6.18 Å². The third-order valence-electron chi connectivity index (χ3n) is 2.37. The van der Waals surface area contributed by atoms with E-state index >= 15 is 0 Å². The molecule has 102 valence electrons. The summed E-state index contributed by atoms with van der Waals surface area (Å²) < 4.78 is 48.4. The van der Waals surface area contributed by atoms with E-state index in [2.05, 4.69) is 21.1 Å². The first kappa shape index (κ1) is 13.7. The van der Waals surface area contributed by atoms with E-state index < -0.39 is 11.7 Å². The van der Waals surface area contributed by atoms with Crippen molar-refractivity contribution in [3.8, 4) is 17.1 Å². The zero-order valence-electron chi connectivity index (χ0n) is 9.58. The van der Waals surface area contributed by atoms with Crippen LogP contribution < -0.4 is 10.5 Å². The first-order valence-corrected chi connectivity index (χ1v) is 5.79. The fourth-order valence-electron chi connectivity index (χ4n) is 1.56. The highest BCUT2D eigenvalue weighted by atomic mass is 79.9. The van der Waals surface area contributed by atoms with Crippen LogP contribution in [0.25, 0.3) is 11.3 Å². The molecule has 8 heteroatoms. The minimum Gasteiger partial charge on any atom is -0.495 e. The lowest BCUT2D eigenvalue weighted by atomic mass is 10.1. The Hall–Kier alpha value is -1.70. The van der Waals surface area contributed by atoms with Crippen LogP contribution in [0.4, 0.5) is 19.0 Å². The maximum atomic E-state index is 12.8. The van der Waals surface area contributed by atoms with Crippen LogP contribution in [0.3, 0.4) is 0 Å². The summed E-state index contributed by atoms with van der Waals surface area (Å²) in [5.41, 5.74) is 4.68. The predicted molar refractivity (Wildman–Crippen MR) is 65.6 cm³/mol. The molecule has 0 bridgehead atoms. The van der Waals surface area contributed by atoms with Gasteiger partial charge >= 0.3 is 6.18 Å². The number of methoxy groups -OCH3 is 1. The first-order valence-electron chi connectivity index (χ1n) is 5.00. The van der Waals surface area contributed by atoms with Gasteiger partial charge in [-0.1, -0.05) is 5.16 Å². The molecule has 0 spiro atoms. The van der Waals surface area contributed by atoms with E-state index in [4.69, 9.17) is 15.0 Å². The Balaban J connectivity index is 2.66. The van der Waals surface area contributed by atoms with Crippen LogP contribution in [0.15, 0.2) is 27.2 Å². The molecule has 0 radical (unpaired) electrons. The van der Waals surface area contributed by atoms with Crippen LogP contribution in [-0.4, -0.2) is 12.3 Å². The molecule has 0 aliphatic heterocycles. The summed E-state index contributed by atoms with van der Waals surface area (Å²) in [6, 6.07) is 3.18. The van der Waals surface area contributed by atoms with Gasteiger partial charge < -0.3 is 15.0 Å². The van der Waals surface area contributed by atoms with E-state index in [1.807, 2.05) is 0 Å². The second-order valence-electron chi connectivity index (χ2n) is 3.65. The second-order valence-corrected chi connectivity index (χ2v) is 4.51. The van der Waals surface area contributed by atoms with Crippen molar-refractivity contribution in [1.82, 2.24) is 5.16 Å². The van der Waals surface area contributed by atoms with Gasteiger partial charge in [0.1, 0.15) is 5.75 Å². The van der Waals surface area contributed by atoms with Crippen molar-refractivity contribution in [3.05, 3.63) is 28.2 Å². The Morgan fingerprint density at radius 2 is 2.00 bits per heavy atom. The zero-order valence-corrected chi connectivity index (χ0v) is 11.2. The molecule has 0 saturated heterocycles. The summed E-state index contributed by atoms with van der Waals surface area (Å²) in [6.07, 6.45) is -4.48. The zero-order chi connectivity index (χ0) is 14.2. The Morgan fingerprint density at radius 3 is 2.47 bits per heavy atom. The number of aromatic nitrogens is 1. The van der Waals surface area contributed by atoms with E-state index in [1.54, 1.807) is 0 Å². The fourth-order valence-corrected chi connectivity index (χ4v) is 2.19. The molecule has 1 aromatic carbocycles. The largest absolute Gasteiger partial charge is 0.495 e. The number of halogens is 4. The highest BCUT2D eigenvalue weighted by Gasteiger charge is 2.33. The average molecular weight is 337 g/mol. The first-order chi connectivity index (χ1) is 8.82. The predicted octanol–water partition coefficient (Wildman–Crippen LogP) is 3.71. The van der Waals surface area contributed by atoms with Crippen LogP contribution in [0.5, 0.6) is 5.75 Å². The number of benzene rings is 1. The normalized spacial score (nSPS) is 11.6. The molecule has 4 nitrogen and oxygen atoms in total. The lowest BCUT2D eigenvalue weighted by Gasteiger charge is -2.13. The van der Waals surface area contributed by atoms with Crippen molar-refractivity contribution < 1.29 is 22.4 Å². The summed E-state index contributed by atoms with van der Waals surface area (Å²) in [6.45, 7) is 0. The monoisotopic (exact) mass is 336 g/mol. The molecule has 0 unspecified atom stereocenters. The maximum absolute atomic E-state index is 12.8. The van der Waals surface area contributed by atoms with Gasteiger partial charge in [-0.2, -0.15) is 13.2 Å². The van der Waals surface area contributed by atoms with Crippen molar-refractivity contribution in [1.29, 1.82) is 0 Å². The van der Waals surface area contributed by atoms with Crippen molar-refractivity contribution >= 4 is 21.7 Å². The van der Waals surface area contributed by atoms with Gasteiger partial charge in [0.15, 0.2) is 11.6 Å². The van der Waals surface area contributed by atoms with E-state index in [-0.39, 0.29) is 27.4 Å². The maximum Gasteiger partial charge on any atom is 0.416 e. The van der Waals surface area contributed by atoms with E-state index in [0.29, 0.717) is 0 Å². The molecule has 0 fully saturated rings. The highest BCUT2D eigenvalue weighted by molar-refractivity contribution is 9.10. The van der Waals surface area contributed by atoms with Crippen LogP contribution in [0, 0.1) is 0 Å². The number of nitrogen functional groups attached to an aromatic ring is 1. The molecule has 0 amide bonds. The molecule has 2 N–H and O–H groups in total. The quantitative estimate of drug-likeness (QED) is 0.907. The van der Waals surface area contributed by atoms with E-state index in [1.165, 1.54) is 13.2 Å². The Kier molecular flexibility index (Phi) is 3.44. The number of hydrogen-bond donors (Lipinski definition) is 1. The van der Waals surface area contributed by atoms with Gasteiger partial charge in [0.05, 0.1) is 22.7 Å². The molecule has 0 aliphatic rings. The van der Waals surface area contributed by atoms with Crippen LogP contribution >= 0.6 is 15.9 Å². The third-order valence-corrected chi connectivity index (χ3v) is 2.96. The minimum absolute atomic E-state index is 0.0746. The third kappa shape index (κ3) is 2.67. The van der Waals surface area contributed by atoms with Crippen LogP contribution in [0.2, 0.25) is 0 Å². The summed E-state index contributed by atoms with van der Waals surface area (Å²) in [4.78, 5) is 0. The lowest BCUT2D eigenvalue weighted by Crippen LogP contribution is -2.05. The summed E-state index contributed by atoms with van der Waals surface area (Å²) in [7, 11) is 1.34. The smallest absolute Gasteiger partial charge is 0.416 e. The van der Waals surface area contributed by atoms with Crippen molar-refractivity contribution in [2.45, 2.75) is 6.18 Å². The average Bonchev–Trinajstić information content (AvgIpc) is 2.73. The summed E-state index contributed by atoms with van der Waals surface area (Å²) in [5.74, 6) is 0.385.